The van der Waals surface area contributed by atoms with E-state index in [9.17, 15) is 13.2 Å². The maximum Gasteiger partial charge on any atom is 0.416 e. The first-order valence-corrected chi connectivity index (χ1v) is 7.06. The van der Waals surface area contributed by atoms with Crippen molar-refractivity contribution in [3.8, 4) is 17.3 Å². The third-order valence-corrected chi connectivity index (χ3v) is 3.30. The molecule has 0 bridgehead atoms. The number of halogens is 3. The molecular weight excluding hydrogens is 305 g/mol. The summed E-state index contributed by atoms with van der Waals surface area (Å²) in [5.74, 6) is 0.617. The molecule has 0 aliphatic carbocycles. The van der Waals surface area contributed by atoms with Gasteiger partial charge < -0.3 is 4.74 Å². The smallest absolute Gasteiger partial charge is 0.416 e. The average molecular weight is 318 g/mol. The minimum absolute atomic E-state index is 0.206. The van der Waals surface area contributed by atoms with Crippen LogP contribution in [0.1, 0.15) is 12.5 Å². The van der Waals surface area contributed by atoms with Crippen molar-refractivity contribution in [2.75, 3.05) is 6.61 Å². The second-order valence-corrected chi connectivity index (χ2v) is 4.88. The highest BCUT2D eigenvalue weighted by Crippen LogP contribution is 2.33. The lowest BCUT2D eigenvalue weighted by molar-refractivity contribution is -0.137. The van der Waals surface area contributed by atoms with Crippen LogP contribution in [0.5, 0.6) is 5.88 Å². The molecule has 2 aromatic carbocycles. The summed E-state index contributed by atoms with van der Waals surface area (Å²) in [6, 6.07) is 12.4. The van der Waals surface area contributed by atoms with E-state index >= 15 is 0 Å². The standard InChI is InChI=1S/C17H13F3N2O/c1-2-23-16-13-9-8-12(17(18,19)20)10-14(13)21-15(22-16)11-6-4-3-5-7-11/h3-10H,2H2,1H3. The molecule has 0 spiro atoms. The number of nitrogens with zero attached hydrogens (tertiary/aromatic N) is 2. The van der Waals surface area contributed by atoms with Crippen molar-refractivity contribution >= 4 is 10.9 Å². The monoisotopic (exact) mass is 318 g/mol. The van der Waals surface area contributed by atoms with Crippen LogP contribution >= 0.6 is 0 Å². The number of ether oxygens (including phenoxy) is 1. The molecule has 0 amide bonds. The van der Waals surface area contributed by atoms with Gasteiger partial charge in [-0.25, -0.2) is 4.98 Å². The summed E-state index contributed by atoms with van der Waals surface area (Å²) in [7, 11) is 0. The van der Waals surface area contributed by atoms with Crippen molar-refractivity contribution in [1.82, 2.24) is 9.97 Å². The van der Waals surface area contributed by atoms with Crippen molar-refractivity contribution in [2.45, 2.75) is 13.1 Å². The predicted molar refractivity (Wildman–Crippen MR) is 81.1 cm³/mol. The van der Waals surface area contributed by atoms with Crippen LogP contribution in [0.15, 0.2) is 48.5 Å². The zero-order valence-corrected chi connectivity index (χ0v) is 12.3. The summed E-state index contributed by atoms with van der Waals surface area (Å²) < 4.78 is 44.2. The van der Waals surface area contributed by atoms with E-state index in [-0.39, 0.29) is 11.4 Å². The SMILES string of the molecule is CCOc1nc(-c2ccccc2)nc2cc(C(F)(F)F)ccc12. The summed E-state index contributed by atoms with van der Waals surface area (Å²) >= 11 is 0. The second kappa shape index (κ2) is 5.87. The largest absolute Gasteiger partial charge is 0.477 e. The van der Waals surface area contributed by atoms with Gasteiger partial charge in [0.1, 0.15) is 0 Å². The molecule has 0 aliphatic rings. The van der Waals surface area contributed by atoms with E-state index in [2.05, 4.69) is 9.97 Å². The summed E-state index contributed by atoms with van der Waals surface area (Å²) in [6.07, 6.45) is -4.42. The summed E-state index contributed by atoms with van der Waals surface area (Å²) in [5, 5.41) is 0.458. The number of hydrogen-bond acceptors (Lipinski definition) is 3. The zero-order valence-electron chi connectivity index (χ0n) is 12.3. The molecule has 6 heteroatoms. The number of benzene rings is 2. The zero-order chi connectivity index (χ0) is 16.4. The van der Waals surface area contributed by atoms with Crippen molar-refractivity contribution in [3.05, 3.63) is 54.1 Å². The van der Waals surface area contributed by atoms with Crippen LogP contribution in [0.3, 0.4) is 0 Å². The Morgan fingerprint density at radius 3 is 2.39 bits per heavy atom. The summed E-state index contributed by atoms with van der Waals surface area (Å²) in [6.45, 7) is 2.15. The lowest BCUT2D eigenvalue weighted by Crippen LogP contribution is -2.06. The van der Waals surface area contributed by atoms with Gasteiger partial charge in [-0.1, -0.05) is 30.3 Å². The Bertz CT molecular complexity index is 832. The number of alkyl halides is 3. The molecule has 0 radical (unpaired) electrons. The Hall–Kier alpha value is -2.63. The number of hydrogen-bond donors (Lipinski definition) is 0. The Morgan fingerprint density at radius 2 is 1.74 bits per heavy atom. The Morgan fingerprint density at radius 1 is 1.00 bits per heavy atom. The van der Waals surface area contributed by atoms with Crippen LogP contribution in [0, 0.1) is 0 Å². The van der Waals surface area contributed by atoms with E-state index in [1.54, 1.807) is 19.1 Å². The molecule has 0 saturated heterocycles. The van der Waals surface area contributed by atoms with Crippen molar-refractivity contribution in [1.29, 1.82) is 0 Å². The Kier molecular flexibility index (Phi) is 3.90. The van der Waals surface area contributed by atoms with E-state index in [4.69, 9.17) is 4.74 Å². The first-order valence-electron chi connectivity index (χ1n) is 7.06. The maximum atomic E-state index is 12.9. The van der Waals surface area contributed by atoms with Crippen molar-refractivity contribution in [3.63, 3.8) is 0 Å². The number of rotatable bonds is 3. The molecule has 0 unspecified atom stereocenters. The molecule has 3 rings (SSSR count). The van der Waals surface area contributed by atoms with E-state index in [1.165, 1.54) is 6.07 Å². The molecular formula is C17H13F3N2O. The van der Waals surface area contributed by atoms with Gasteiger partial charge in [-0.15, -0.1) is 0 Å². The second-order valence-electron chi connectivity index (χ2n) is 4.88. The van der Waals surface area contributed by atoms with Crippen LogP contribution in [0.4, 0.5) is 13.2 Å². The highest BCUT2D eigenvalue weighted by molar-refractivity contribution is 5.86. The molecule has 3 nitrogen and oxygen atoms in total. The topological polar surface area (TPSA) is 35.0 Å². The minimum atomic E-state index is -4.42. The molecule has 23 heavy (non-hydrogen) atoms. The van der Waals surface area contributed by atoms with Gasteiger partial charge in [0, 0.05) is 5.56 Å². The lowest BCUT2D eigenvalue weighted by Gasteiger charge is -2.11. The van der Waals surface area contributed by atoms with E-state index in [1.807, 2.05) is 18.2 Å². The number of aromatic nitrogens is 2. The van der Waals surface area contributed by atoms with Gasteiger partial charge in [0.05, 0.1) is 23.1 Å². The normalized spacial score (nSPS) is 11.7. The predicted octanol–water partition coefficient (Wildman–Crippen LogP) is 4.71. The first-order chi connectivity index (χ1) is 11.0. The van der Waals surface area contributed by atoms with Gasteiger partial charge in [0.15, 0.2) is 5.82 Å². The molecule has 0 fully saturated rings. The van der Waals surface area contributed by atoms with Gasteiger partial charge in [-0.2, -0.15) is 18.2 Å². The average Bonchev–Trinajstić information content (AvgIpc) is 2.54. The number of fused-ring (bicyclic) bond motifs is 1. The Balaban J connectivity index is 2.23. The van der Waals surface area contributed by atoms with E-state index < -0.39 is 11.7 Å². The molecule has 3 aromatic rings. The molecule has 1 heterocycles. The van der Waals surface area contributed by atoms with Crippen LogP contribution in [-0.4, -0.2) is 16.6 Å². The first kappa shape index (κ1) is 15.3. The Labute approximate surface area is 130 Å². The highest BCUT2D eigenvalue weighted by Gasteiger charge is 2.31. The van der Waals surface area contributed by atoms with Crippen LogP contribution < -0.4 is 4.74 Å². The van der Waals surface area contributed by atoms with E-state index in [0.717, 1.165) is 12.1 Å². The molecule has 0 saturated carbocycles. The minimum Gasteiger partial charge on any atom is -0.477 e. The van der Waals surface area contributed by atoms with Gasteiger partial charge >= 0.3 is 6.18 Å². The van der Waals surface area contributed by atoms with Crippen LogP contribution in [-0.2, 0) is 6.18 Å². The molecule has 0 aliphatic heterocycles. The van der Waals surface area contributed by atoms with Gasteiger partial charge in [0.2, 0.25) is 5.88 Å². The van der Waals surface area contributed by atoms with Crippen LogP contribution in [0.2, 0.25) is 0 Å². The summed E-state index contributed by atoms with van der Waals surface area (Å²) in [5.41, 5.74) is 0.176. The lowest BCUT2D eigenvalue weighted by atomic mass is 10.1. The van der Waals surface area contributed by atoms with Crippen LogP contribution in [0.25, 0.3) is 22.3 Å². The molecule has 0 atom stereocenters. The summed E-state index contributed by atoms with van der Waals surface area (Å²) in [4.78, 5) is 8.61. The van der Waals surface area contributed by atoms with E-state index in [0.29, 0.717) is 23.4 Å². The fraction of sp³-hybridized carbons (Fsp3) is 0.176. The molecule has 1 aromatic heterocycles. The molecule has 118 valence electrons. The fourth-order valence-electron chi connectivity index (χ4n) is 2.24. The quantitative estimate of drug-likeness (QED) is 0.701. The van der Waals surface area contributed by atoms with Crippen molar-refractivity contribution in [2.24, 2.45) is 0 Å². The fourth-order valence-corrected chi connectivity index (χ4v) is 2.24. The third-order valence-electron chi connectivity index (χ3n) is 3.30. The molecule has 0 N–H and O–H groups in total. The highest BCUT2D eigenvalue weighted by atomic mass is 19.4. The van der Waals surface area contributed by atoms with Gasteiger partial charge in [-0.05, 0) is 25.1 Å². The third kappa shape index (κ3) is 3.11. The van der Waals surface area contributed by atoms with Crippen molar-refractivity contribution < 1.29 is 17.9 Å². The van der Waals surface area contributed by atoms with Gasteiger partial charge in [0.25, 0.3) is 0 Å². The maximum absolute atomic E-state index is 12.9. The van der Waals surface area contributed by atoms with Gasteiger partial charge in [-0.3, -0.25) is 0 Å².